The molecule has 21 heavy (non-hydrogen) atoms. The fourth-order valence-electron chi connectivity index (χ4n) is 1.71. The summed E-state index contributed by atoms with van der Waals surface area (Å²) in [6.45, 7) is 2.01. The van der Waals surface area contributed by atoms with Gasteiger partial charge < -0.3 is 19.5 Å². The quantitative estimate of drug-likeness (QED) is 0.740. The van der Waals surface area contributed by atoms with Crippen molar-refractivity contribution in [3.05, 3.63) is 29.8 Å². The number of carboxylic acid groups (broad SMARTS) is 1. The summed E-state index contributed by atoms with van der Waals surface area (Å²) in [5.74, 6) is -0.858. The summed E-state index contributed by atoms with van der Waals surface area (Å²) in [7, 11) is 1.50. The summed E-state index contributed by atoms with van der Waals surface area (Å²) in [6.07, 6.45) is 0.933. The highest BCUT2D eigenvalue weighted by Gasteiger charge is 2.17. The first kappa shape index (κ1) is 17.0. The minimum absolute atomic E-state index is 0.192. The van der Waals surface area contributed by atoms with Gasteiger partial charge in [-0.1, -0.05) is 19.1 Å². The smallest absolute Gasteiger partial charge is 0.323 e. The van der Waals surface area contributed by atoms with Gasteiger partial charge in [-0.3, -0.25) is 9.59 Å². The Labute approximate surface area is 124 Å². The van der Waals surface area contributed by atoms with Gasteiger partial charge in [-0.2, -0.15) is 0 Å². The van der Waals surface area contributed by atoms with Crippen molar-refractivity contribution >= 4 is 11.9 Å². The van der Waals surface area contributed by atoms with Crippen molar-refractivity contribution < 1.29 is 24.2 Å². The monoisotopic (exact) mass is 295 g/mol. The van der Waals surface area contributed by atoms with Crippen LogP contribution in [0, 0.1) is 0 Å². The van der Waals surface area contributed by atoms with Crippen LogP contribution in [0.15, 0.2) is 24.3 Å². The molecule has 0 bridgehead atoms. The number of aliphatic carboxylic acids is 1. The van der Waals surface area contributed by atoms with Gasteiger partial charge in [0.15, 0.2) is 6.61 Å². The van der Waals surface area contributed by atoms with E-state index in [2.05, 4.69) is 6.92 Å². The molecule has 0 saturated heterocycles. The largest absolute Gasteiger partial charge is 0.484 e. The molecule has 0 aliphatic heterocycles. The van der Waals surface area contributed by atoms with Crippen LogP contribution in [-0.2, 0) is 20.7 Å². The fourth-order valence-corrected chi connectivity index (χ4v) is 1.71. The van der Waals surface area contributed by atoms with Crippen LogP contribution < -0.4 is 4.74 Å². The molecule has 0 saturated carbocycles. The maximum Gasteiger partial charge on any atom is 0.323 e. The number of benzene rings is 1. The molecule has 1 N–H and O–H groups in total. The van der Waals surface area contributed by atoms with E-state index in [1.54, 1.807) is 12.1 Å². The minimum atomic E-state index is -1.06. The number of ether oxygens (including phenoxy) is 2. The molecular formula is C15H21NO5. The molecule has 0 unspecified atom stereocenters. The highest BCUT2D eigenvalue weighted by atomic mass is 16.5. The maximum absolute atomic E-state index is 12.0. The lowest BCUT2D eigenvalue weighted by atomic mass is 10.2. The summed E-state index contributed by atoms with van der Waals surface area (Å²) < 4.78 is 10.2. The van der Waals surface area contributed by atoms with E-state index in [4.69, 9.17) is 14.6 Å². The normalized spacial score (nSPS) is 10.2. The van der Waals surface area contributed by atoms with E-state index in [-0.39, 0.29) is 32.2 Å². The predicted molar refractivity (Wildman–Crippen MR) is 77.4 cm³/mol. The van der Waals surface area contributed by atoms with Gasteiger partial charge >= 0.3 is 5.97 Å². The van der Waals surface area contributed by atoms with Crippen LogP contribution in [0.4, 0.5) is 0 Å². The number of carboxylic acids is 1. The third kappa shape index (κ3) is 6.27. The Hall–Kier alpha value is -2.08. The van der Waals surface area contributed by atoms with Crippen LogP contribution in [-0.4, -0.2) is 55.3 Å². The van der Waals surface area contributed by atoms with E-state index in [1.165, 1.54) is 17.6 Å². The number of hydrogen-bond donors (Lipinski definition) is 1. The Bertz CT molecular complexity index is 458. The lowest BCUT2D eigenvalue weighted by molar-refractivity contribution is -0.145. The van der Waals surface area contributed by atoms with E-state index in [0.29, 0.717) is 5.75 Å². The first-order valence-corrected chi connectivity index (χ1v) is 6.77. The zero-order chi connectivity index (χ0) is 15.7. The van der Waals surface area contributed by atoms with Crippen LogP contribution in [0.2, 0.25) is 0 Å². The molecule has 0 heterocycles. The zero-order valence-electron chi connectivity index (χ0n) is 12.4. The highest BCUT2D eigenvalue weighted by Crippen LogP contribution is 2.12. The third-order valence-electron chi connectivity index (χ3n) is 2.94. The number of carbonyl (C=O) groups excluding carboxylic acids is 1. The molecule has 0 fully saturated rings. The van der Waals surface area contributed by atoms with Gasteiger partial charge in [-0.05, 0) is 24.1 Å². The second kappa shape index (κ2) is 8.97. The molecule has 1 aromatic carbocycles. The van der Waals surface area contributed by atoms with Gasteiger partial charge in [0, 0.05) is 13.7 Å². The number of amides is 1. The molecule has 6 nitrogen and oxygen atoms in total. The van der Waals surface area contributed by atoms with Gasteiger partial charge in [-0.15, -0.1) is 0 Å². The van der Waals surface area contributed by atoms with Gasteiger partial charge in [0.25, 0.3) is 5.91 Å². The van der Waals surface area contributed by atoms with Crippen LogP contribution in [0.25, 0.3) is 0 Å². The molecule has 1 aromatic rings. The summed E-state index contributed by atoms with van der Waals surface area (Å²) in [6, 6.07) is 7.45. The molecule has 0 radical (unpaired) electrons. The molecule has 1 amide bonds. The molecule has 0 spiro atoms. The highest BCUT2D eigenvalue weighted by molar-refractivity contribution is 5.82. The first-order valence-electron chi connectivity index (χ1n) is 6.77. The Balaban J connectivity index is 2.52. The van der Waals surface area contributed by atoms with Crippen molar-refractivity contribution in [2.75, 3.05) is 33.4 Å². The van der Waals surface area contributed by atoms with Gasteiger partial charge in [0.2, 0.25) is 0 Å². The number of hydrogen-bond acceptors (Lipinski definition) is 4. The van der Waals surface area contributed by atoms with E-state index in [9.17, 15) is 9.59 Å². The van der Waals surface area contributed by atoms with Crippen molar-refractivity contribution in [3.8, 4) is 5.75 Å². The molecule has 0 aromatic heterocycles. The second-order valence-corrected chi connectivity index (χ2v) is 4.49. The fraction of sp³-hybridized carbons (Fsp3) is 0.467. The molecular weight excluding hydrogens is 274 g/mol. The topological polar surface area (TPSA) is 76.1 Å². The average Bonchev–Trinajstić information content (AvgIpc) is 2.49. The van der Waals surface area contributed by atoms with Crippen molar-refractivity contribution in [2.45, 2.75) is 13.3 Å². The SMILES string of the molecule is CCc1ccc(OCC(=O)N(CCOC)CC(=O)O)cc1. The number of rotatable bonds is 9. The summed E-state index contributed by atoms with van der Waals surface area (Å²) in [5, 5.41) is 8.80. The molecule has 0 atom stereocenters. The lowest BCUT2D eigenvalue weighted by Gasteiger charge is -2.20. The Morgan fingerprint density at radius 3 is 2.43 bits per heavy atom. The first-order chi connectivity index (χ1) is 10.1. The summed E-state index contributed by atoms with van der Waals surface area (Å²) in [5.41, 5.74) is 1.18. The predicted octanol–water partition coefficient (Wildman–Crippen LogP) is 1.19. The molecule has 0 aliphatic carbocycles. The minimum Gasteiger partial charge on any atom is -0.484 e. The average molecular weight is 295 g/mol. The zero-order valence-corrected chi connectivity index (χ0v) is 12.4. The van der Waals surface area contributed by atoms with Crippen LogP contribution in [0.1, 0.15) is 12.5 Å². The standard InChI is InChI=1S/C15H21NO5/c1-3-12-4-6-13(7-5-12)21-11-14(17)16(8-9-20-2)10-15(18)19/h4-7H,3,8-11H2,1-2H3,(H,18,19). The van der Waals surface area contributed by atoms with Crippen molar-refractivity contribution in [2.24, 2.45) is 0 Å². The van der Waals surface area contributed by atoms with E-state index in [0.717, 1.165) is 6.42 Å². The lowest BCUT2D eigenvalue weighted by Crippen LogP contribution is -2.40. The Morgan fingerprint density at radius 2 is 1.90 bits per heavy atom. The van der Waals surface area contributed by atoms with Gasteiger partial charge in [0.1, 0.15) is 12.3 Å². The summed E-state index contributed by atoms with van der Waals surface area (Å²) >= 11 is 0. The van der Waals surface area contributed by atoms with Gasteiger partial charge in [-0.25, -0.2) is 0 Å². The van der Waals surface area contributed by atoms with Crippen molar-refractivity contribution in [1.82, 2.24) is 4.90 Å². The van der Waals surface area contributed by atoms with E-state index >= 15 is 0 Å². The van der Waals surface area contributed by atoms with Crippen LogP contribution in [0.3, 0.4) is 0 Å². The molecule has 1 rings (SSSR count). The molecule has 116 valence electrons. The Morgan fingerprint density at radius 1 is 1.24 bits per heavy atom. The number of aryl methyl sites for hydroxylation is 1. The third-order valence-corrected chi connectivity index (χ3v) is 2.94. The molecule has 6 heteroatoms. The number of nitrogens with zero attached hydrogens (tertiary/aromatic N) is 1. The molecule has 0 aliphatic rings. The van der Waals surface area contributed by atoms with Crippen LogP contribution in [0.5, 0.6) is 5.75 Å². The van der Waals surface area contributed by atoms with E-state index < -0.39 is 5.97 Å². The van der Waals surface area contributed by atoms with Crippen molar-refractivity contribution in [1.29, 1.82) is 0 Å². The second-order valence-electron chi connectivity index (χ2n) is 4.49. The van der Waals surface area contributed by atoms with Gasteiger partial charge in [0.05, 0.1) is 6.61 Å². The number of methoxy groups -OCH3 is 1. The Kier molecular flexibility index (Phi) is 7.25. The number of carbonyl (C=O) groups is 2. The van der Waals surface area contributed by atoms with Crippen LogP contribution >= 0.6 is 0 Å². The van der Waals surface area contributed by atoms with Crippen molar-refractivity contribution in [3.63, 3.8) is 0 Å². The van der Waals surface area contributed by atoms with E-state index in [1.807, 2.05) is 12.1 Å². The summed E-state index contributed by atoms with van der Waals surface area (Å²) in [4.78, 5) is 23.9. The maximum atomic E-state index is 12.0.